The van der Waals surface area contributed by atoms with Crippen LogP contribution in [-0.2, 0) is 13.3 Å². The molecule has 1 aromatic carbocycles. The van der Waals surface area contributed by atoms with Crippen LogP contribution in [0.25, 0.3) is 0 Å². The third kappa shape index (κ3) is 6.60. The van der Waals surface area contributed by atoms with Gasteiger partial charge in [-0.2, -0.15) is 0 Å². The number of rotatable bonds is 7. The summed E-state index contributed by atoms with van der Waals surface area (Å²) >= 11 is 0. The van der Waals surface area contributed by atoms with Gasteiger partial charge < -0.3 is 13.3 Å². The summed E-state index contributed by atoms with van der Waals surface area (Å²) in [4.78, 5) is 29.0. The maximum absolute atomic E-state index is 13.8. The fraction of sp³-hybridized carbons (Fsp3) is 0.688. The average molecular weight is 618 g/mol. The second kappa shape index (κ2) is 11.0. The summed E-state index contributed by atoms with van der Waals surface area (Å²) in [6, 6.07) is 6.48. The Morgan fingerprint density at radius 1 is 0.585 bits per heavy atom. The van der Waals surface area contributed by atoms with E-state index in [0.29, 0.717) is 11.1 Å². The minimum absolute atomic E-state index is 0.00246. The van der Waals surface area contributed by atoms with E-state index < -0.39 is 43.2 Å². The van der Waals surface area contributed by atoms with Gasteiger partial charge in [-0.1, -0.05) is 86.6 Å². The van der Waals surface area contributed by atoms with Crippen LogP contribution in [0, 0.1) is 0 Å². The third-order valence-electron chi connectivity index (χ3n) is 10.3. The number of benzene rings is 1. The van der Waals surface area contributed by atoms with E-state index in [2.05, 4.69) is 102 Å². The Labute approximate surface area is 252 Å². The van der Waals surface area contributed by atoms with E-state index in [9.17, 15) is 9.59 Å². The van der Waals surface area contributed by atoms with Gasteiger partial charge in [0.15, 0.2) is 25.0 Å². The van der Waals surface area contributed by atoms with Gasteiger partial charge in [0.2, 0.25) is 0 Å². The van der Waals surface area contributed by atoms with Gasteiger partial charge in [-0.05, 0) is 66.5 Å². The molecule has 6 nitrogen and oxygen atoms in total. The third-order valence-corrected chi connectivity index (χ3v) is 23.7. The molecule has 0 fully saturated rings. The lowest BCUT2D eigenvalue weighted by molar-refractivity contribution is -0.0506. The van der Waals surface area contributed by atoms with E-state index >= 15 is 0 Å². The molecule has 0 saturated carbocycles. The van der Waals surface area contributed by atoms with Crippen LogP contribution in [0.15, 0.2) is 36.4 Å². The Morgan fingerprint density at radius 2 is 0.951 bits per heavy atom. The smallest absolute Gasteiger partial charge is 0.262 e. The predicted octanol–water partition coefficient (Wildman–Crippen LogP) is 8.39. The molecule has 41 heavy (non-hydrogen) atoms. The molecule has 2 amide bonds. The second-order valence-corrected chi connectivity index (χ2v) is 30.7. The molecule has 230 valence electrons. The molecule has 0 radical (unpaired) electrons. The molecule has 0 unspecified atom stereocenters. The van der Waals surface area contributed by atoms with Crippen LogP contribution >= 0.6 is 0 Å². The molecule has 1 heterocycles. The molecular weight excluding hydrogens is 563 g/mol. The zero-order chi connectivity index (χ0) is 31.6. The van der Waals surface area contributed by atoms with Crippen molar-refractivity contribution in [2.45, 2.75) is 141 Å². The van der Waals surface area contributed by atoms with E-state index in [1.807, 2.05) is 12.2 Å². The van der Waals surface area contributed by atoms with Crippen LogP contribution in [0.3, 0.4) is 0 Å². The number of hydrogen-bond acceptors (Lipinski definition) is 5. The lowest BCUT2D eigenvalue weighted by atomic mass is 9.93. The van der Waals surface area contributed by atoms with E-state index in [1.165, 1.54) is 4.90 Å². The fourth-order valence-electron chi connectivity index (χ4n) is 4.46. The highest BCUT2D eigenvalue weighted by Gasteiger charge is 2.54. The maximum atomic E-state index is 13.8. The molecule has 0 N–H and O–H groups in total. The number of carbonyl (C=O) groups excluding carboxylic acids is 2. The van der Waals surface area contributed by atoms with Gasteiger partial charge in [-0.15, -0.1) is 0 Å². The molecule has 0 bridgehead atoms. The van der Waals surface area contributed by atoms with Gasteiger partial charge in [0, 0.05) is 0 Å². The molecule has 9 heteroatoms. The Hall–Kier alpha value is -1.37. The Morgan fingerprint density at radius 3 is 1.34 bits per heavy atom. The van der Waals surface area contributed by atoms with Crippen molar-refractivity contribution in [3.8, 4) is 0 Å². The molecule has 1 aliphatic carbocycles. The Bertz CT molecular complexity index is 1150. The molecule has 0 aromatic heterocycles. The van der Waals surface area contributed by atoms with Crippen molar-refractivity contribution >= 4 is 36.8 Å². The van der Waals surface area contributed by atoms with Crippen molar-refractivity contribution in [3.63, 3.8) is 0 Å². The normalized spacial score (nSPS) is 24.7. The summed E-state index contributed by atoms with van der Waals surface area (Å²) < 4.78 is 21.6. The van der Waals surface area contributed by atoms with Gasteiger partial charge in [-0.3, -0.25) is 14.5 Å². The van der Waals surface area contributed by atoms with Crippen molar-refractivity contribution in [2.24, 2.45) is 0 Å². The van der Waals surface area contributed by atoms with Gasteiger partial charge in [0.25, 0.3) is 11.8 Å². The summed E-state index contributed by atoms with van der Waals surface area (Å²) in [5.41, 5.74) is 0.886. The minimum Gasteiger partial charge on any atom is -0.409 e. The number of hydrogen-bond donors (Lipinski definition) is 0. The zero-order valence-electron chi connectivity index (χ0n) is 28.3. The van der Waals surface area contributed by atoms with Crippen LogP contribution in [0.2, 0.25) is 54.4 Å². The number of carbonyl (C=O) groups is 2. The zero-order valence-corrected chi connectivity index (χ0v) is 31.3. The van der Waals surface area contributed by atoms with E-state index in [0.717, 1.165) is 0 Å². The molecule has 1 aliphatic heterocycles. The molecule has 4 atom stereocenters. The van der Waals surface area contributed by atoms with Crippen molar-refractivity contribution in [1.29, 1.82) is 0 Å². The first-order chi connectivity index (χ1) is 18.3. The molecular formula is C32H55NO5Si3. The highest BCUT2D eigenvalue weighted by Crippen LogP contribution is 2.45. The van der Waals surface area contributed by atoms with Crippen LogP contribution < -0.4 is 0 Å². The molecule has 0 spiro atoms. The first-order valence-electron chi connectivity index (χ1n) is 15.0. The van der Waals surface area contributed by atoms with Crippen molar-refractivity contribution in [2.75, 3.05) is 0 Å². The van der Waals surface area contributed by atoms with Crippen LogP contribution in [0.5, 0.6) is 0 Å². The van der Waals surface area contributed by atoms with Gasteiger partial charge in [0.05, 0.1) is 29.4 Å². The van der Waals surface area contributed by atoms with Gasteiger partial charge in [0.1, 0.15) is 6.10 Å². The SMILES string of the molecule is CC(C)(C)[Si](C)(C)O[C@@H]1[C@@H](O[Si](C)(C)C(C)(C)C)[C@H](O[Si](C)(C)C(C)(C)C)C=C[C@H]1N1C(=O)c2ccccc2C1=O. The molecule has 2 aliphatic rings. The highest BCUT2D eigenvalue weighted by molar-refractivity contribution is 6.75. The summed E-state index contributed by atoms with van der Waals surface area (Å²) in [7, 11) is -6.95. The maximum Gasteiger partial charge on any atom is 0.262 e. The van der Waals surface area contributed by atoms with Crippen molar-refractivity contribution < 1.29 is 22.9 Å². The van der Waals surface area contributed by atoms with Crippen LogP contribution in [-0.4, -0.2) is 66.0 Å². The summed E-state index contributed by atoms with van der Waals surface area (Å²) in [6.45, 7) is 33.5. The van der Waals surface area contributed by atoms with E-state index in [-0.39, 0.29) is 33.0 Å². The Balaban J connectivity index is 2.22. The highest BCUT2D eigenvalue weighted by atomic mass is 28.4. The molecule has 3 rings (SSSR count). The monoisotopic (exact) mass is 617 g/mol. The van der Waals surface area contributed by atoms with Crippen LogP contribution in [0.1, 0.15) is 83.0 Å². The Kier molecular flexibility index (Phi) is 9.13. The standard InChI is InChI=1S/C32H55NO5Si3/c1-30(2,3)39(10,11)36-25-21-20-24(33-28(34)22-18-16-17-19-23(22)29(33)35)26(37-40(12,13)31(4,5)6)27(25)38-41(14,15)32(7,8)9/h16-21,24-27H,1-15H3/t24-,25-,26+,27+/m1/s1. The summed E-state index contributed by atoms with van der Waals surface area (Å²) in [5, 5.41) is -0.141. The molecule has 0 saturated heterocycles. The van der Waals surface area contributed by atoms with Crippen molar-refractivity contribution in [3.05, 3.63) is 47.5 Å². The summed E-state index contributed by atoms with van der Waals surface area (Å²) in [6.07, 6.45) is 2.62. The summed E-state index contributed by atoms with van der Waals surface area (Å²) in [5.74, 6) is -0.558. The lowest BCUT2D eigenvalue weighted by Gasteiger charge is -2.52. The van der Waals surface area contributed by atoms with E-state index in [4.69, 9.17) is 13.3 Å². The van der Waals surface area contributed by atoms with Gasteiger partial charge in [-0.25, -0.2) is 0 Å². The van der Waals surface area contributed by atoms with Crippen LogP contribution in [0.4, 0.5) is 0 Å². The first kappa shape index (κ1) is 34.1. The quantitative estimate of drug-likeness (QED) is 0.175. The first-order valence-corrected chi connectivity index (χ1v) is 23.7. The topological polar surface area (TPSA) is 65.1 Å². The predicted molar refractivity (Wildman–Crippen MR) is 176 cm³/mol. The average Bonchev–Trinajstić information content (AvgIpc) is 3.04. The minimum atomic E-state index is -2.39. The van der Waals surface area contributed by atoms with Gasteiger partial charge >= 0.3 is 0 Å². The number of nitrogens with zero attached hydrogens (tertiary/aromatic N) is 1. The lowest BCUT2D eigenvalue weighted by Crippen LogP contribution is -2.64. The number of amides is 2. The molecule has 1 aromatic rings. The number of imide groups is 1. The fourth-order valence-corrected chi connectivity index (χ4v) is 8.32. The second-order valence-electron chi connectivity index (χ2n) is 16.4. The van der Waals surface area contributed by atoms with Crippen molar-refractivity contribution in [1.82, 2.24) is 4.90 Å². The number of fused-ring (bicyclic) bond motifs is 1. The van der Waals surface area contributed by atoms with E-state index in [1.54, 1.807) is 24.3 Å². The largest absolute Gasteiger partial charge is 0.409 e.